The number of anilines is 1. The van der Waals surface area contributed by atoms with Gasteiger partial charge in [0.25, 0.3) is 0 Å². The van der Waals surface area contributed by atoms with Crippen molar-refractivity contribution in [3.05, 3.63) is 28.4 Å². The van der Waals surface area contributed by atoms with Crippen LogP contribution in [-0.4, -0.2) is 29.0 Å². The molecule has 1 saturated carbocycles. The summed E-state index contributed by atoms with van der Waals surface area (Å²) >= 11 is 0. The molecule has 104 valence electrons. The molecule has 1 aromatic rings. The van der Waals surface area contributed by atoms with Crippen LogP contribution in [0.3, 0.4) is 0 Å². The minimum absolute atomic E-state index is 0.110. The molecule has 0 amide bonds. The first-order valence-electron chi connectivity index (χ1n) is 6.74. The fourth-order valence-electron chi connectivity index (χ4n) is 2.97. The van der Waals surface area contributed by atoms with Crippen molar-refractivity contribution in [3.63, 3.8) is 0 Å². The Morgan fingerprint density at radius 1 is 1.53 bits per heavy atom. The van der Waals surface area contributed by atoms with Crippen molar-refractivity contribution in [2.75, 3.05) is 18.0 Å². The molecule has 6 nitrogen and oxygen atoms in total. The molecule has 1 fully saturated rings. The normalized spacial score (nSPS) is 22.4. The van der Waals surface area contributed by atoms with E-state index in [0.717, 1.165) is 25.1 Å². The van der Waals surface area contributed by atoms with Crippen LogP contribution in [-0.2, 0) is 0 Å². The number of pyridine rings is 1. The molecule has 1 aliphatic rings. The molecule has 2 N–H and O–H groups in total. The topological polar surface area (TPSA) is 85.3 Å². The predicted molar refractivity (Wildman–Crippen MR) is 74.1 cm³/mol. The van der Waals surface area contributed by atoms with E-state index >= 15 is 0 Å². The number of hydrogen-bond acceptors (Lipinski definition) is 5. The van der Waals surface area contributed by atoms with E-state index < -0.39 is 4.92 Å². The third-order valence-electron chi connectivity index (χ3n) is 3.91. The summed E-state index contributed by atoms with van der Waals surface area (Å²) in [6, 6.07) is 3.67. The minimum atomic E-state index is -0.474. The quantitative estimate of drug-likeness (QED) is 0.649. The molecule has 1 heterocycles. The molecule has 0 aliphatic heterocycles. The molecule has 0 saturated heterocycles. The van der Waals surface area contributed by atoms with Gasteiger partial charge in [-0.05, 0) is 48.2 Å². The van der Waals surface area contributed by atoms with Crippen LogP contribution >= 0.6 is 0 Å². The van der Waals surface area contributed by atoms with Gasteiger partial charge in [-0.25, -0.2) is 0 Å². The second kappa shape index (κ2) is 5.97. The average molecular weight is 264 g/mol. The van der Waals surface area contributed by atoms with Crippen LogP contribution in [0.25, 0.3) is 0 Å². The zero-order chi connectivity index (χ0) is 13.8. The molecule has 0 radical (unpaired) electrons. The fraction of sp³-hybridized carbons (Fsp3) is 0.615. The molecule has 19 heavy (non-hydrogen) atoms. The molecular formula is C13H20N4O2. The maximum absolute atomic E-state index is 10.6. The number of nitro groups is 1. The van der Waals surface area contributed by atoms with Gasteiger partial charge in [-0.15, -0.1) is 0 Å². The summed E-state index contributed by atoms with van der Waals surface area (Å²) in [7, 11) is 0. The molecular weight excluding hydrogens is 244 g/mol. The highest BCUT2D eigenvalue weighted by molar-refractivity contribution is 5.47. The minimum Gasteiger partial charge on any atom is -0.365 e. The second-order valence-corrected chi connectivity index (χ2v) is 4.91. The summed E-state index contributed by atoms with van der Waals surface area (Å²) in [5.41, 5.74) is 6.77. The Morgan fingerprint density at radius 3 is 2.84 bits per heavy atom. The van der Waals surface area contributed by atoms with E-state index in [1.807, 2.05) is 0 Å². The van der Waals surface area contributed by atoms with Gasteiger partial charge in [0.15, 0.2) is 6.20 Å². The van der Waals surface area contributed by atoms with Gasteiger partial charge < -0.3 is 20.7 Å². The highest BCUT2D eigenvalue weighted by Crippen LogP contribution is 2.32. The van der Waals surface area contributed by atoms with Crippen molar-refractivity contribution >= 4 is 11.5 Å². The zero-order valence-electron chi connectivity index (χ0n) is 11.2. The number of aromatic nitrogens is 1. The predicted octanol–water partition coefficient (Wildman–Crippen LogP) is 1.94. The fourth-order valence-corrected chi connectivity index (χ4v) is 2.97. The van der Waals surface area contributed by atoms with Gasteiger partial charge in [-0.2, -0.15) is 0 Å². The maximum Gasteiger partial charge on any atom is 0.363 e. The van der Waals surface area contributed by atoms with E-state index in [9.17, 15) is 10.1 Å². The first kappa shape index (κ1) is 13.7. The molecule has 1 aromatic heterocycles. The van der Waals surface area contributed by atoms with Gasteiger partial charge in [-0.3, -0.25) is 0 Å². The lowest BCUT2D eigenvalue weighted by Crippen LogP contribution is -2.40. The molecule has 2 atom stereocenters. The van der Waals surface area contributed by atoms with Crippen molar-refractivity contribution in [1.82, 2.24) is 4.98 Å². The van der Waals surface area contributed by atoms with Gasteiger partial charge >= 0.3 is 5.82 Å². The molecule has 2 rings (SSSR count). The zero-order valence-corrected chi connectivity index (χ0v) is 11.2. The Bertz CT molecular complexity index is 435. The van der Waals surface area contributed by atoms with Gasteiger partial charge in [0.2, 0.25) is 0 Å². The van der Waals surface area contributed by atoms with Crippen molar-refractivity contribution in [2.24, 2.45) is 11.7 Å². The molecule has 1 aliphatic carbocycles. The SMILES string of the molecule is CCN(c1ccc([N+](=O)[O-])nc1)C1CCCC1CN. The molecule has 0 aromatic carbocycles. The van der Waals surface area contributed by atoms with Crippen molar-refractivity contribution in [1.29, 1.82) is 0 Å². The van der Waals surface area contributed by atoms with Crippen molar-refractivity contribution in [3.8, 4) is 0 Å². The van der Waals surface area contributed by atoms with Crippen LogP contribution in [0, 0.1) is 16.0 Å². The van der Waals surface area contributed by atoms with Gasteiger partial charge in [0.05, 0.1) is 5.69 Å². The third-order valence-corrected chi connectivity index (χ3v) is 3.91. The van der Waals surface area contributed by atoms with E-state index in [0.29, 0.717) is 18.5 Å². The van der Waals surface area contributed by atoms with E-state index in [-0.39, 0.29) is 5.82 Å². The molecule has 6 heteroatoms. The molecule has 0 spiro atoms. The van der Waals surface area contributed by atoms with E-state index in [2.05, 4.69) is 16.8 Å². The maximum atomic E-state index is 10.6. The monoisotopic (exact) mass is 264 g/mol. The Morgan fingerprint density at radius 2 is 2.32 bits per heavy atom. The highest BCUT2D eigenvalue weighted by Gasteiger charge is 2.31. The van der Waals surface area contributed by atoms with Crippen molar-refractivity contribution < 1.29 is 4.92 Å². The Balaban J connectivity index is 2.19. The van der Waals surface area contributed by atoms with Crippen LogP contribution < -0.4 is 10.6 Å². The van der Waals surface area contributed by atoms with Crippen LogP contribution in [0.15, 0.2) is 18.3 Å². The Labute approximate surface area is 112 Å². The van der Waals surface area contributed by atoms with Crippen LogP contribution in [0.4, 0.5) is 11.5 Å². The van der Waals surface area contributed by atoms with Gasteiger partial charge in [0.1, 0.15) is 0 Å². The van der Waals surface area contributed by atoms with Crippen LogP contribution in [0.1, 0.15) is 26.2 Å². The van der Waals surface area contributed by atoms with E-state index in [1.165, 1.54) is 12.5 Å². The lowest BCUT2D eigenvalue weighted by Gasteiger charge is -2.33. The number of nitrogens with two attached hydrogens (primary N) is 1. The van der Waals surface area contributed by atoms with Gasteiger partial charge in [-0.1, -0.05) is 6.42 Å². The Hall–Kier alpha value is -1.69. The lowest BCUT2D eigenvalue weighted by molar-refractivity contribution is -0.389. The standard InChI is InChI=1S/C13H20N4O2/c1-2-16(12-5-3-4-10(12)8-14)11-6-7-13(15-9-11)17(18)19/h6-7,9-10,12H,2-5,8,14H2,1H3. The highest BCUT2D eigenvalue weighted by atomic mass is 16.6. The summed E-state index contributed by atoms with van der Waals surface area (Å²) in [4.78, 5) is 16.3. The summed E-state index contributed by atoms with van der Waals surface area (Å²) in [5, 5.41) is 10.6. The molecule has 2 unspecified atom stereocenters. The van der Waals surface area contributed by atoms with Crippen LogP contribution in [0.5, 0.6) is 0 Å². The summed E-state index contributed by atoms with van der Waals surface area (Å²) in [5.74, 6) is 0.400. The summed E-state index contributed by atoms with van der Waals surface area (Å²) < 4.78 is 0. The smallest absolute Gasteiger partial charge is 0.363 e. The third kappa shape index (κ3) is 2.84. The van der Waals surface area contributed by atoms with Crippen LogP contribution in [0.2, 0.25) is 0 Å². The first-order valence-corrected chi connectivity index (χ1v) is 6.74. The number of hydrogen-bond donors (Lipinski definition) is 1. The summed E-state index contributed by atoms with van der Waals surface area (Å²) in [6.07, 6.45) is 5.09. The molecule has 0 bridgehead atoms. The van der Waals surface area contributed by atoms with E-state index in [1.54, 1.807) is 12.3 Å². The largest absolute Gasteiger partial charge is 0.365 e. The Kier molecular flexibility index (Phi) is 4.31. The van der Waals surface area contributed by atoms with E-state index in [4.69, 9.17) is 5.73 Å². The number of rotatable bonds is 5. The lowest BCUT2D eigenvalue weighted by atomic mass is 10.0. The van der Waals surface area contributed by atoms with Crippen molar-refractivity contribution in [2.45, 2.75) is 32.2 Å². The summed E-state index contributed by atoms with van der Waals surface area (Å²) in [6.45, 7) is 3.65. The number of nitrogens with zero attached hydrogens (tertiary/aromatic N) is 3. The second-order valence-electron chi connectivity index (χ2n) is 4.91. The first-order chi connectivity index (χ1) is 9.17. The average Bonchev–Trinajstić information content (AvgIpc) is 2.88. The van der Waals surface area contributed by atoms with Gasteiger partial charge in [0, 0.05) is 18.7 Å².